The number of nitrogens with one attached hydrogen (secondary N) is 2. The molecular formula is C23H36N2O. The van der Waals surface area contributed by atoms with E-state index in [1.165, 1.54) is 36.0 Å². The SMILES string of the molecule is C=C/C=C\NC.CCc1ccc(C(CC)C2CCNCC2)c(CC=O)c1. The number of carbonyl (C=O) groups is 1. The van der Waals surface area contributed by atoms with Crippen molar-refractivity contribution in [2.45, 2.75) is 51.9 Å². The summed E-state index contributed by atoms with van der Waals surface area (Å²) >= 11 is 0. The van der Waals surface area contributed by atoms with Crippen LogP contribution >= 0.6 is 0 Å². The number of piperidine rings is 1. The maximum atomic E-state index is 11.0. The average molecular weight is 357 g/mol. The zero-order valence-electron chi connectivity index (χ0n) is 16.8. The third-order valence-corrected chi connectivity index (χ3v) is 5.11. The van der Waals surface area contributed by atoms with Gasteiger partial charge in [0.05, 0.1) is 0 Å². The summed E-state index contributed by atoms with van der Waals surface area (Å²) in [5.74, 6) is 1.37. The highest BCUT2D eigenvalue weighted by Crippen LogP contribution is 2.35. The number of hydrogen-bond donors (Lipinski definition) is 2. The number of aldehydes is 1. The van der Waals surface area contributed by atoms with Crippen molar-refractivity contribution in [2.75, 3.05) is 20.1 Å². The van der Waals surface area contributed by atoms with E-state index < -0.39 is 0 Å². The minimum atomic E-state index is 0.560. The number of hydrogen-bond acceptors (Lipinski definition) is 3. The maximum Gasteiger partial charge on any atom is 0.124 e. The van der Waals surface area contributed by atoms with Crippen molar-refractivity contribution in [3.05, 3.63) is 59.8 Å². The standard InChI is InChI=1S/C18H27NO.C5H9N/c1-3-14-5-6-18(16(13-14)9-12-20)17(4-2)15-7-10-19-11-8-15;1-3-4-5-6-2/h5-6,12-13,15,17,19H,3-4,7-11H2,1-2H3;3-6H,1H2,2H3/b;5-4-. The summed E-state index contributed by atoms with van der Waals surface area (Å²) in [7, 11) is 1.85. The summed E-state index contributed by atoms with van der Waals surface area (Å²) < 4.78 is 0. The van der Waals surface area contributed by atoms with Crippen LogP contribution in [0.2, 0.25) is 0 Å². The molecule has 144 valence electrons. The molecule has 0 bridgehead atoms. The molecule has 1 aliphatic heterocycles. The van der Waals surface area contributed by atoms with Crippen molar-refractivity contribution in [3.63, 3.8) is 0 Å². The summed E-state index contributed by atoms with van der Waals surface area (Å²) in [6.07, 6.45) is 11.7. The summed E-state index contributed by atoms with van der Waals surface area (Å²) in [4.78, 5) is 11.0. The van der Waals surface area contributed by atoms with Gasteiger partial charge in [-0.2, -0.15) is 0 Å². The Morgan fingerprint density at radius 3 is 2.54 bits per heavy atom. The third-order valence-electron chi connectivity index (χ3n) is 5.11. The van der Waals surface area contributed by atoms with Crippen LogP contribution in [-0.4, -0.2) is 26.4 Å². The lowest BCUT2D eigenvalue weighted by Gasteiger charge is -2.31. The second kappa shape index (κ2) is 13.3. The average Bonchev–Trinajstić information content (AvgIpc) is 2.69. The summed E-state index contributed by atoms with van der Waals surface area (Å²) in [6, 6.07) is 6.77. The third kappa shape index (κ3) is 7.17. The number of benzene rings is 1. The quantitative estimate of drug-likeness (QED) is 0.536. The zero-order valence-corrected chi connectivity index (χ0v) is 16.8. The molecule has 0 aliphatic carbocycles. The molecule has 1 fully saturated rings. The van der Waals surface area contributed by atoms with Gasteiger partial charge in [-0.1, -0.05) is 44.7 Å². The van der Waals surface area contributed by atoms with E-state index >= 15 is 0 Å². The molecule has 26 heavy (non-hydrogen) atoms. The Balaban J connectivity index is 0.000000487. The van der Waals surface area contributed by atoms with E-state index in [-0.39, 0.29) is 0 Å². The van der Waals surface area contributed by atoms with E-state index in [0.29, 0.717) is 12.3 Å². The maximum absolute atomic E-state index is 11.0. The van der Waals surface area contributed by atoms with Crippen molar-refractivity contribution < 1.29 is 4.79 Å². The second-order valence-corrected chi connectivity index (χ2v) is 6.74. The first-order valence-corrected chi connectivity index (χ1v) is 9.92. The van der Waals surface area contributed by atoms with Gasteiger partial charge in [0.15, 0.2) is 0 Å². The van der Waals surface area contributed by atoms with E-state index in [2.05, 4.69) is 49.3 Å². The molecule has 1 atom stereocenters. The molecule has 1 saturated heterocycles. The summed E-state index contributed by atoms with van der Waals surface area (Å²) in [6.45, 7) is 10.2. The Morgan fingerprint density at radius 1 is 1.31 bits per heavy atom. The highest BCUT2D eigenvalue weighted by molar-refractivity contribution is 5.57. The smallest absolute Gasteiger partial charge is 0.124 e. The van der Waals surface area contributed by atoms with Crippen LogP contribution in [-0.2, 0) is 17.6 Å². The Labute approximate surface area is 160 Å². The van der Waals surface area contributed by atoms with Crippen LogP contribution in [0.3, 0.4) is 0 Å². The van der Waals surface area contributed by atoms with Gasteiger partial charge in [0.1, 0.15) is 6.29 Å². The van der Waals surface area contributed by atoms with Crippen LogP contribution in [0.25, 0.3) is 0 Å². The normalized spacial score (nSPS) is 15.8. The van der Waals surface area contributed by atoms with Gasteiger partial charge in [-0.25, -0.2) is 0 Å². The van der Waals surface area contributed by atoms with Gasteiger partial charge >= 0.3 is 0 Å². The lowest BCUT2D eigenvalue weighted by Crippen LogP contribution is -2.31. The molecule has 0 aromatic heterocycles. The van der Waals surface area contributed by atoms with Crippen molar-refractivity contribution in [3.8, 4) is 0 Å². The minimum Gasteiger partial charge on any atom is -0.394 e. The molecule has 0 radical (unpaired) electrons. The topological polar surface area (TPSA) is 41.1 Å². The van der Waals surface area contributed by atoms with Gasteiger partial charge in [-0.15, -0.1) is 0 Å². The van der Waals surface area contributed by atoms with Crippen LogP contribution in [0.15, 0.2) is 43.1 Å². The van der Waals surface area contributed by atoms with Crippen LogP contribution in [0, 0.1) is 5.92 Å². The first-order chi connectivity index (χ1) is 12.7. The van der Waals surface area contributed by atoms with Gasteiger partial charge in [0.2, 0.25) is 0 Å². The Bertz CT molecular complexity index is 559. The van der Waals surface area contributed by atoms with Gasteiger partial charge in [-0.3, -0.25) is 0 Å². The zero-order chi connectivity index (χ0) is 19.2. The molecule has 0 saturated carbocycles. The van der Waals surface area contributed by atoms with E-state index in [1.54, 1.807) is 6.08 Å². The van der Waals surface area contributed by atoms with E-state index in [9.17, 15) is 4.79 Å². The number of carbonyl (C=O) groups excluding carboxylic acids is 1. The molecule has 0 spiro atoms. The first kappa shape index (κ1) is 22.2. The van der Waals surface area contributed by atoms with Crippen LogP contribution < -0.4 is 10.6 Å². The molecule has 2 N–H and O–H groups in total. The molecular weight excluding hydrogens is 320 g/mol. The Morgan fingerprint density at radius 2 is 2.04 bits per heavy atom. The van der Waals surface area contributed by atoms with Crippen molar-refractivity contribution >= 4 is 6.29 Å². The number of rotatable bonds is 8. The van der Waals surface area contributed by atoms with E-state index in [0.717, 1.165) is 31.7 Å². The van der Waals surface area contributed by atoms with Crippen molar-refractivity contribution in [2.24, 2.45) is 5.92 Å². The summed E-state index contributed by atoms with van der Waals surface area (Å²) in [5, 5.41) is 6.26. The fraction of sp³-hybridized carbons (Fsp3) is 0.522. The van der Waals surface area contributed by atoms with E-state index in [4.69, 9.17) is 0 Å². The lowest BCUT2D eigenvalue weighted by atomic mass is 9.77. The molecule has 2 rings (SSSR count). The van der Waals surface area contributed by atoms with E-state index in [1.807, 2.05) is 19.3 Å². The molecule has 3 heteroatoms. The Hall–Kier alpha value is -1.87. The molecule has 1 unspecified atom stereocenters. The fourth-order valence-electron chi connectivity index (χ4n) is 3.73. The fourth-order valence-corrected chi connectivity index (χ4v) is 3.73. The molecule has 1 heterocycles. The van der Waals surface area contributed by atoms with Gasteiger partial charge in [0.25, 0.3) is 0 Å². The predicted octanol–water partition coefficient (Wildman–Crippen LogP) is 4.39. The second-order valence-electron chi connectivity index (χ2n) is 6.74. The first-order valence-electron chi connectivity index (χ1n) is 9.92. The van der Waals surface area contributed by atoms with Gasteiger partial charge < -0.3 is 15.4 Å². The van der Waals surface area contributed by atoms with Crippen molar-refractivity contribution in [1.82, 2.24) is 10.6 Å². The van der Waals surface area contributed by atoms with Crippen LogP contribution in [0.4, 0.5) is 0 Å². The predicted molar refractivity (Wildman–Crippen MR) is 113 cm³/mol. The minimum absolute atomic E-state index is 0.560. The van der Waals surface area contributed by atoms with Gasteiger partial charge in [-0.05, 0) is 79.6 Å². The largest absolute Gasteiger partial charge is 0.394 e. The summed E-state index contributed by atoms with van der Waals surface area (Å²) in [5.41, 5.74) is 4.01. The van der Waals surface area contributed by atoms with Gasteiger partial charge in [0, 0.05) is 13.5 Å². The van der Waals surface area contributed by atoms with Crippen LogP contribution in [0.1, 0.15) is 55.7 Å². The van der Waals surface area contributed by atoms with Crippen molar-refractivity contribution in [1.29, 1.82) is 0 Å². The molecule has 1 aliphatic rings. The number of aryl methyl sites for hydroxylation is 1. The molecule has 1 aromatic carbocycles. The highest BCUT2D eigenvalue weighted by atomic mass is 16.1. The molecule has 3 nitrogen and oxygen atoms in total. The highest BCUT2D eigenvalue weighted by Gasteiger charge is 2.25. The monoisotopic (exact) mass is 356 g/mol. The molecule has 0 amide bonds. The number of allylic oxidation sites excluding steroid dienone is 2. The van der Waals surface area contributed by atoms with Crippen LogP contribution in [0.5, 0.6) is 0 Å². The lowest BCUT2D eigenvalue weighted by molar-refractivity contribution is -0.107. The Kier molecular flexibility index (Phi) is 11.4. The molecule has 1 aromatic rings.